The maximum Gasteiger partial charge on any atom is 0.387 e. The zero-order chi connectivity index (χ0) is 23.4. The molecule has 2 atom stereocenters. The molecule has 33 heavy (non-hydrogen) atoms. The van der Waals surface area contributed by atoms with Crippen LogP contribution in [0.3, 0.4) is 0 Å². The van der Waals surface area contributed by atoms with E-state index in [4.69, 9.17) is 32.7 Å². The molecule has 1 aliphatic carbocycles. The Morgan fingerprint density at radius 1 is 1.15 bits per heavy atom. The molecular weight excluding hydrogens is 477 g/mol. The van der Waals surface area contributed by atoms with Crippen LogP contribution in [-0.2, 0) is 16.0 Å². The fraction of sp³-hybridized carbons (Fsp3) is 0.478. The highest BCUT2D eigenvalue weighted by Gasteiger charge is 2.29. The second-order valence-electron chi connectivity index (χ2n) is 8.25. The normalized spacial score (nSPS) is 18.9. The smallest absolute Gasteiger partial charge is 0.387 e. The van der Waals surface area contributed by atoms with Gasteiger partial charge in [-0.2, -0.15) is 8.78 Å². The highest BCUT2D eigenvalue weighted by molar-refractivity contribution is 6.35. The largest absolute Gasteiger partial charge is 0.489 e. The standard InChI is InChI=1S/C23H24Cl2F2N2O4/c24-16-10-28-11-17(25)15(16)9-20(32-22(30)18-2-1-7-29-18)14-5-6-19(33-23(26)27)21(8-14)31-12-13-3-4-13/h5-6,8,10-11,13,18,20,23,29H,1-4,7,9,12H2/p+1/t18-,20-/m0/s1. The van der Waals surface area contributed by atoms with Crippen molar-refractivity contribution >= 4 is 29.2 Å². The first-order chi connectivity index (χ1) is 15.9. The number of nitrogens with one attached hydrogen (secondary N) is 2. The van der Waals surface area contributed by atoms with Crippen LogP contribution in [0.15, 0.2) is 30.6 Å². The van der Waals surface area contributed by atoms with Gasteiger partial charge in [-0.1, -0.05) is 29.3 Å². The molecule has 2 aliphatic rings. The molecular formula is C23H25Cl2F2N2O4+. The lowest BCUT2D eigenvalue weighted by Gasteiger charge is -2.22. The SMILES string of the molecule is O=C(O[C@@H](Cc1c(Cl)c[nH+]cc1Cl)c1ccc(OC(F)F)c(OCC2CC2)c1)[C@@H]1CCCN1. The zero-order valence-corrected chi connectivity index (χ0v) is 19.3. The summed E-state index contributed by atoms with van der Waals surface area (Å²) in [6, 6.07) is 4.17. The number of carbonyl (C=O) groups excluding carboxylic acids is 1. The van der Waals surface area contributed by atoms with Crippen molar-refractivity contribution in [3.8, 4) is 11.5 Å². The average Bonchev–Trinajstić information content (AvgIpc) is 3.44. The number of halogens is 4. The maximum atomic E-state index is 12.9. The van der Waals surface area contributed by atoms with Crippen molar-refractivity contribution in [2.75, 3.05) is 13.2 Å². The van der Waals surface area contributed by atoms with Gasteiger partial charge >= 0.3 is 12.6 Å². The van der Waals surface area contributed by atoms with Gasteiger partial charge in [-0.05, 0) is 55.8 Å². The lowest BCUT2D eigenvalue weighted by molar-refractivity contribution is -0.377. The summed E-state index contributed by atoms with van der Waals surface area (Å²) in [6.07, 6.45) is 6.26. The monoisotopic (exact) mass is 501 g/mol. The predicted octanol–water partition coefficient (Wildman–Crippen LogP) is 4.78. The van der Waals surface area contributed by atoms with E-state index in [0.29, 0.717) is 40.1 Å². The van der Waals surface area contributed by atoms with Gasteiger partial charge < -0.3 is 19.5 Å². The summed E-state index contributed by atoms with van der Waals surface area (Å²) in [4.78, 5) is 15.6. The first kappa shape index (κ1) is 24.0. The third kappa shape index (κ3) is 6.46. The van der Waals surface area contributed by atoms with Crippen LogP contribution in [0.25, 0.3) is 0 Å². The molecule has 1 aromatic carbocycles. The number of aromatic amines is 1. The molecule has 2 N–H and O–H groups in total. The number of H-pyrrole nitrogens is 1. The average molecular weight is 502 g/mol. The Balaban J connectivity index is 1.63. The number of rotatable bonds is 10. The number of alkyl halides is 2. The number of carbonyl (C=O) groups is 1. The van der Waals surface area contributed by atoms with Crippen molar-refractivity contribution in [3.63, 3.8) is 0 Å². The molecule has 1 saturated heterocycles. The van der Waals surface area contributed by atoms with Gasteiger partial charge in [-0.15, -0.1) is 0 Å². The van der Waals surface area contributed by atoms with Gasteiger partial charge in [-0.3, -0.25) is 4.79 Å². The van der Waals surface area contributed by atoms with Crippen molar-refractivity contribution in [2.24, 2.45) is 5.92 Å². The Morgan fingerprint density at radius 2 is 1.91 bits per heavy atom. The minimum absolute atomic E-state index is 0.0673. The van der Waals surface area contributed by atoms with Crippen LogP contribution >= 0.6 is 23.2 Å². The van der Waals surface area contributed by atoms with E-state index in [1.807, 2.05) is 0 Å². The summed E-state index contributed by atoms with van der Waals surface area (Å²) in [5.74, 6) is 0.134. The molecule has 2 heterocycles. The highest BCUT2D eigenvalue weighted by atomic mass is 35.5. The first-order valence-electron chi connectivity index (χ1n) is 10.9. The van der Waals surface area contributed by atoms with Crippen LogP contribution in [0.5, 0.6) is 11.5 Å². The Kier molecular flexibility index (Phi) is 7.88. The van der Waals surface area contributed by atoms with Crippen molar-refractivity contribution in [3.05, 3.63) is 51.8 Å². The number of ether oxygens (including phenoxy) is 3. The highest BCUT2D eigenvalue weighted by Crippen LogP contribution is 2.37. The molecule has 1 aliphatic heterocycles. The van der Waals surface area contributed by atoms with Crippen LogP contribution in [0, 0.1) is 5.92 Å². The van der Waals surface area contributed by atoms with Crippen LogP contribution in [0.1, 0.15) is 42.9 Å². The Morgan fingerprint density at radius 3 is 2.55 bits per heavy atom. The molecule has 10 heteroatoms. The Labute approximate surface area is 200 Å². The van der Waals surface area contributed by atoms with E-state index in [1.54, 1.807) is 24.5 Å². The molecule has 0 radical (unpaired) electrons. The van der Waals surface area contributed by atoms with E-state index >= 15 is 0 Å². The fourth-order valence-corrected chi connectivity index (χ4v) is 4.25. The van der Waals surface area contributed by atoms with Gasteiger partial charge in [0.15, 0.2) is 23.9 Å². The van der Waals surface area contributed by atoms with Crippen molar-refractivity contribution in [1.29, 1.82) is 0 Å². The number of benzene rings is 1. The summed E-state index contributed by atoms with van der Waals surface area (Å²) < 4.78 is 42.1. The number of aromatic nitrogens is 1. The van der Waals surface area contributed by atoms with Gasteiger partial charge in [0.05, 0.1) is 6.61 Å². The topological polar surface area (TPSA) is 70.9 Å². The number of hydrogen-bond donors (Lipinski definition) is 1. The molecule has 2 fully saturated rings. The molecule has 1 aromatic heterocycles. The van der Waals surface area contributed by atoms with Crippen LogP contribution in [0.4, 0.5) is 8.78 Å². The second-order valence-corrected chi connectivity index (χ2v) is 9.06. The van der Waals surface area contributed by atoms with Gasteiger partial charge in [0.2, 0.25) is 0 Å². The van der Waals surface area contributed by atoms with Gasteiger partial charge in [0, 0.05) is 12.0 Å². The lowest BCUT2D eigenvalue weighted by atomic mass is 10.0. The third-order valence-electron chi connectivity index (χ3n) is 5.72. The van der Waals surface area contributed by atoms with E-state index in [1.165, 1.54) is 6.07 Å². The first-order valence-corrected chi connectivity index (χ1v) is 11.7. The number of esters is 1. The van der Waals surface area contributed by atoms with Gasteiger partial charge in [-0.25, -0.2) is 4.98 Å². The van der Waals surface area contributed by atoms with E-state index in [2.05, 4.69) is 15.0 Å². The van der Waals surface area contributed by atoms with E-state index in [-0.39, 0.29) is 23.9 Å². The van der Waals surface area contributed by atoms with Crippen molar-refractivity contribution < 1.29 is 32.8 Å². The zero-order valence-electron chi connectivity index (χ0n) is 17.8. The van der Waals surface area contributed by atoms with Crippen molar-refractivity contribution in [2.45, 2.75) is 50.9 Å². The minimum atomic E-state index is -2.99. The molecule has 0 amide bonds. The molecule has 2 aromatic rings. The van der Waals surface area contributed by atoms with Gasteiger partial charge in [0.1, 0.15) is 22.2 Å². The van der Waals surface area contributed by atoms with E-state index in [9.17, 15) is 13.6 Å². The molecule has 0 spiro atoms. The molecule has 6 nitrogen and oxygen atoms in total. The summed E-state index contributed by atoms with van der Waals surface area (Å²) in [6.45, 7) is -1.83. The maximum absolute atomic E-state index is 12.9. The van der Waals surface area contributed by atoms with Gasteiger partial charge in [0.25, 0.3) is 0 Å². The van der Waals surface area contributed by atoms with Crippen LogP contribution in [-0.4, -0.2) is 31.8 Å². The summed E-state index contributed by atoms with van der Waals surface area (Å²) in [5, 5.41) is 3.91. The second kappa shape index (κ2) is 10.8. The molecule has 0 unspecified atom stereocenters. The lowest BCUT2D eigenvalue weighted by Crippen LogP contribution is -2.33. The van der Waals surface area contributed by atoms with Crippen LogP contribution in [0.2, 0.25) is 10.0 Å². The predicted molar refractivity (Wildman–Crippen MR) is 118 cm³/mol. The summed E-state index contributed by atoms with van der Waals surface area (Å²) in [7, 11) is 0. The van der Waals surface area contributed by atoms with E-state index < -0.39 is 18.8 Å². The van der Waals surface area contributed by atoms with Crippen LogP contribution < -0.4 is 19.8 Å². The number of pyridine rings is 1. The number of hydrogen-bond acceptors (Lipinski definition) is 5. The molecule has 178 valence electrons. The summed E-state index contributed by atoms with van der Waals surface area (Å²) >= 11 is 12.7. The molecule has 0 bridgehead atoms. The fourth-order valence-electron chi connectivity index (χ4n) is 3.72. The Bertz CT molecular complexity index is 965. The minimum Gasteiger partial charge on any atom is -0.489 e. The van der Waals surface area contributed by atoms with Crippen molar-refractivity contribution in [1.82, 2.24) is 5.32 Å². The summed E-state index contributed by atoms with van der Waals surface area (Å²) in [5.41, 5.74) is 1.16. The molecule has 1 saturated carbocycles. The quantitative estimate of drug-likeness (QED) is 0.474. The molecule has 4 rings (SSSR count). The Hall–Kier alpha value is -2.16. The third-order valence-corrected chi connectivity index (χ3v) is 6.39. The van der Waals surface area contributed by atoms with E-state index in [0.717, 1.165) is 25.8 Å².